The lowest BCUT2D eigenvalue weighted by Gasteiger charge is -2.30. The van der Waals surface area contributed by atoms with Crippen LogP contribution < -0.4 is 10.1 Å². The van der Waals surface area contributed by atoms with Crippen LogP contribution in [0.3, 0.4) is 0 Å². The van der Waals surface area contributed by atoms with Gasteiger partial charge in [-0.25, -0.2) is 4.39 Å². The molecule has 0 bridgehead atoms. The Balaban J connectivity index is 2.09. The van der Waals surface area contributed by atoms with Crippen molar-refractivity contribution in [2.75, 3.05) is 7.11 Å². The van der Waals surface area contributed by atoms with Gasteiger partial charge in [0.05, 0.1) is 19.6 Å². The van der Waals surface area contributed by atoms with Crippen LogP contribution in [0, 0.1) is 11.2 Å². The summed E-state index contributed by atoms with van der Waals surface area (Å²) in [4.78, 5) is 13.5. The third-order valence-corrected chi connectivity index (χ3v) is 4.52. The molecule has 0 spiro atoms. The van der Waals surface area contributed by atoms with E-state index in [1.165, 1.54) is 13.2 Å². The normalized spacial score (nSPS) is 12.7. The van der Waals surface area contributed by atoms with Crippen molar-refractivity contribution in [3.05, 3.63) is 52.0 Å². The van der Waals surface area contributed by atoms with Crippen molar-refractivity contribution >= 4 is 17.2 Å². The maximum absolute atomic E-state index is 13.7. The third-order valence-electron chi connectivity index (χ3n) is 3.58. The van der Waals surface area contributed by atoms with Crippen molar-refractivity contribution in [3.8, 4) is 5.75 Å². The van der Waals surface area contributed by atoms with Gasteiger partial charge in [-0.05, 0) is 34.6 Å². The molecule has 3 nitrogen and oxygen atoms in total. The highest BCUT2D eigenvalue weighted by atomic mass is 32.1. The van der Waals surface area contributed by atoms with Gasteiger partial charge in [-0.2, -0.15) is 0 Å². The standard InChI is InChI=1S/C18H22FNO2S/c1-18(2,3)17(15-6-5-9-23-15)20-16(21)11-12-7-8-14(22-4)13(19)10-12/h5-10,17H,11H2,1-4H3,(H,20,21)/t17-/m0/s1. The zero-order chi connectivity index (χ0) is 17.0. The van der Waals surface area contributed by atoms with Gasteiger partial charge in [0.1, 0.15) is 0 Å². The minimum absolute atomic E-state index is 0.0712. The van der Waals surface area contributed by atoms with E-state index in [1.807, 2.05) is 17.5 Å². The second-order valence-electron chi connectivity index (χ2n) is 6.53. The molecule has 2 aromatic rings. The van der Waals surface area contributed by atoms with Crippen LogP contribution in [0.2, 0.25) is 0 Å². The average molecular weight is 335 g/mol. The fourth-order valence-electron chi connectivity index (χ4n) is 2.39. The number of carbonyl (C=O) groups is 1. The van der Waals surface area contributed by atoms with E-state index in [-0.39, 0.29) is 29.5 Å². The third kappa shape index (κ3) is 4.55. The van der Waals surface area contributed by atoms with E-state index >= 15 is 0 Å². The Morgan fingerprint density at radius 1 is 1.35 bits per heavy atom. The van der Waals surface area contributed by atoms with Crippen molar-refractivity contribution in [2.45, 2.75) is 33.2 Å². The lowest BCUT2D eigenvalue weighted by Crippen LogP contribution is -2.37. The molecule has 1 amide bonds. The molecule has 0 saturated heterocycles. The highest BCUT2D eigenvalue weighted by Crippen LogP contribution is 2.35. The number of nitrogens with one attached hydrogen (secondary N) is 1. The van der Waals surface area contributed by atoms with Crippen LogP contribution in [0.5, 0.6) is 5.75 Å². The van der Waals surface area contributed by atoms with Crippen molar-refractivity contribution in [1.82, 2.24) is 5.32 Å². The number of thiophene rings is 1. The Labute approximate surface area is 140 Å². The molecule has 124 valence electrons. The fraction of sp³-hybridized carbons (Fsp3) is 0.389. The maximum atomic E-state index is 13.7. The molecular weight excluding hydrogens is 313 g/mol. The molecule has 5 heteroatoms. The van der Waals surface area contributed by atoms with Gasteiger partial charge in [0.25, 0.3) is 0 Å². The number of hydrogen-bond donors (Lipinski definition) is 1. The maximum Gasteiger partial charge on any atom is 0.224 e. The molecule has 0 aliphatic heterocycles. The highest BCUT2D eigenvalue weighted by Gasteiger charge is 2.28. The summed E-state index contributed by atoms with van der Waals surface area (Å²) in [5, 5.41) is 5.07. The van der Waals surface area contributed by atoms with E-state index < -0.39 is 5.82 Å². The molecule has 0 aliphatic rings. The van der Waals surface area contributed by atoms with Crippen molar-refractivity contribution in [1.29, 1.82) is 0 Å². The Morgan fingerprint density at radius 3 is 2.61 bits per heavy atom. The lowest BCUT2D eigenvalue weighted by molar-refractivity contribution is -0.121. The Kier molecular flexibility index (Phi) is 5.42. The highest BCUT2D eigenvalue weighted by molar-refractivity contribution is 7.10. The van der Waals surface area contributed by atoms with Crippen LogP contribution >= 0.6 is 11.3 Å². The van der Waals surface area contributed by atoms with Crippen LogP contribution in [0.25, 0.3) is 0 Å². The molecule has 0 aliphatic carbocycles. The smallest absolute Gasteiger partial charge is 0.224 e. The largest absolute Gasteiger partial charge is 0.494 e. The Bertz CT molecular complexity index is 662. The zero-order valence-corrected chi connectivity index (χ0v) is 14.7. The van der Waals surface area contributed by atoms with Crippen LogP contribution in [0.15, 0.2) is 35.7 Å². The van der Waals surface area contributed by atoms with Gasteiger partial charge in [-0.3, -0.25) is 4.79 Å². The van der Waals surface area contributed by atoms with Crippen molar-refractivity contribution in [3.63, 3.8) is 0 Å². The SMILES string of the molecule is COc1ccc(CC(=O)N[C@@H](c2cccs2)C(C)(C)C)cc1F. The van der Waals surface area contributed by atoms with Gasteiger partial charge in [-0.15, -0.1) is 11.3 Å². The zero-order valence-electron chi connectivity index (χ0n) is 13.9. The summed E-state index contributed by atoms with van der Waals surface area (Å²) >= 11 is 1.62. The topological polar surface area (TPSA) is 38.3 Å². The van der Waals surface area contributed by atoms with E-state index in [9.17, 15) is 9.18 Å². The summed E-state index contributed by atoms with van der Waals surface area (Å²) in [5.41, 5.74) is 0.519. The Hall–Kier alpha value is -1.88. The molecular formula is C18H22FNO2S. The van der Waals surface area contributed by atoms with Crippen molar-refractivity contribution < 1.29 is 13.9 Å². The molecule has 23 heavy (non-hydrogen) atoms. The first-order valence-electron chi connectivity index (χ1n) is 7.46. The number of rotatable bonds is 5. The van der Waals surface area contributed by atoms with Crippen LogP contribution in [-0.2, 0) is 11.2 Å². The first kappa shape index (κ1) is 17.5. The number of ether oxygens (including phenoxy) is 1. The van der Waals surface area contributed by atoms with Gasteiger partial charge in [-0.1, -0.05) is 32.9 Å². The number of carbonyl (C=O) groups excluding carboxylic acids is 1. The monoisotopic (exact) mass is 335 g/mol. The van der Waals surface area contributed by atoms with Crippen LogP contribution in [0.4, 0.5) is 4.39 Å². The minimum atomic E-state index is -0.455. The number of amides is 1. The van der Waals surface area contributed by atoms with Gasteiger partial charge in [0.2, 0.25) is 5.91 Å². The van der Waals surface area contributed by atoms with E-state index in [2.05, 4.69) is 26.1 Å². The summed E-state index contributed by atoms with van der Waals surface area (Å²) in [6, 6.07) is 8.52. The number of methoxy groups -OCH3 is 1. The molecule has 0 unspecified atom stereocenters. The van der Waals surface area contributed by atoms with Crippen LogP contribution in [-0.4, -0.2) is 13.0 Å². The molecule has 1 heterocycles. The molecule has 2 rings (SSSR count). The van der Waals surface area contributed by atoms with Crippen molar-refractivity contribution in [2.24, 2.45) is 5.41 Å². The minimum Gasteiger partial charge on any atom is -0.494 e. The average Bonchev–Trinajstić information content (AvgIpc) is 2.97. The first-order valence-corrected chi connectivity index (χ1v) is 8.34. The van der Waals surface area contributed by atoms with E-state index in [4.69, 9.17) is 4.74 Å². The van der Waals surface area contributed by atoms with Gasteiger partial charge < -0.3 is 10.1 Å². The Morgan fingerprint density at radius 2 is 2.09 bits per heavy atom. The summed E-state index contributed by atoms with van der Waals surface area (Å²) in [6.07, 6.45) is 0.138. The second-order valence-corrected chi connectivity index (χ2v) is 7.51. The fourth-order valence-corrected chi connectivity index (χ4v) is 3.41. The van der Waals surface area contributed by atoms with Gasteiger partial charge in [0.15, 0.2) is 11.6 Å². The van der Waals surface area contributed by atoms with E-state index in [0.29, 0.717) is 5.56 Å². The van der Waals surface area contributed by atoms with Gasteiger partial charge in [0, 0.05) is 4.88 Å². The molecule has 1 aromatic heterocycles. The molecule has 1 N–H and O–H groups in total. The number of hydrogen-bond acceptors (Lipinski definition) is 3. The van der Waals surface area contributed by atoms with E-state index in [1.54, 1.807) is 23.5 Å². The summed E-state index contributed by atoms with van der Waals surface area (Å²) < 4.78 is 18.6. The molecule has 0 saturated carbocycles. The molecule has 0 fully saturated rings. The summed E-state index contributed by atoms with van der Waals surface area (Å²) in [5.74, 6) is -0.397. The van der Waals surface area contributed by atoms with Crippen LogP contribution in [0.1, 0.15) is 37.3 Å². The van der Waals surface area contributed by atoms with E-state index in [0.717, 1.165) is 4.88 Å². The first-order chi connectivity index (χ1) is 10.8. The lowest BCUT2D eigenvalue weighted by atomic mass is 9.85. The second kappa shape index (κ2) is 7.13. The molecule has 0 radical (unpaired) electrons. The predicted octanol–water partition coefficient (Wildman–Crippen LogP) is 4.34. The molecule has 1 atom stereocenters. The summed E-state index contributed by atoms with van der Waals surface area (Å²) in [7, 11) is 1.42. The summed E-state index contributed by atoms with van der Waals surface area (Å²) in [6.45, 7) is 6.26. The quantitative estimate of drug-likeness (QED) is 0.882. The predicted molar refractivity (Wildman–Crippen MR) is 91.3 cm³/mol. The number of halogens is 1. The molecule has 1 aromatic carbocycles. The number of benzene rings is 1. The van der Waals surface area contributed by atoms with Gasteiger partial charge >= 0.3 is 0 Å².